The summed E-state index contributed by atoms with van der Waals surface area (Å²) in [5.74, 6) is 0.896. The highest BCUT2D eigenvalue weighted by atomic mass is 16.5. The van der Waals surface area contributed by atoms with Gasteiger partial charge >= 0.3 is 0 Å². The smallest absolute Gasteiger partial charge is 0.119 e. The summed E-state index contributed by atoms with van der Waals surface area (Å²) in [7, 11) is 1.70. The van der Waals surface area contributed by atoms with Crippen LogP contribution in [0, 0.1) is 0 Å². The molecule has 3 rings (SSSR count). The minimum atomic E-state index is -0.317. The van der Waals surface area contributed by atoms with Crippen LogP contribution in [-0.2, 0) is 17.8 Å². The summed E-state index contributed by atoms with van der Waals surface area (Å²) < 4.78 is 11.5. The molecule has 0 unspecified atom stereocenters. The number of ether oxygens (including phenoxy) is 2. The zero-order valence-corrected chi connectivity index (χ0v) is 17.5. The van der Waals surface area contributed by atoms with Gasteiger partial charge in [0.25, 0.3) is 0 Å². The fourth-order valence-corrected chi connectivity index (χ4v) is 3.79. The van der Waals surface area contributed by atoms with E-state index >= 15 is 0 Å². The van der Waals surface area contributed by atoms with Gasteiger partial charge in [0.05, 0.1) is 25.9 Å². The van der Waals surface area contributed by atoms with E-state index in [-0.39, 0.29) is 12.2 Å². The Kier molecular flexibility index (Phi) is 8.09. The molecule has 154 valence electrons. The molecule has 0 fully saturated rings. The molecule has 3 nitrogen and oxygen atoms in total. The molecule has 1 aliphatic carbocycles. The molecule has 0 saturated heterocycles. The van der Waals surface area contributed by atoms with Crippen molar-refractivity contribution < 1.29 is 14.6 Å². The Morgan fingerprint density at radius 1 is 1.10 bits per heavy atom. The summed E-state index contributed by atoms with van der Waals surface area (Å²) in [5, 5.41) is 10.3. The molecular weight excluding hydrogens is 360 g/mol. The number of allylic oxidation sites excluding steroid dienone is 2. The molecular formula is C26H32O3. The number of aliphatic hydroxyl groups excluding tert-OH is 1. The van der Waals surface area contributed by atoms with E-state index < -0.39 is 0 Å². The highest BCUT2D eigenvalue weighted by Gasteiger charge is 2.23. The van der Waals surface area contributed by atoms with Crippen LogP contribution in [0.1, 0.15) is 43.7 Å². The summed E-state index contributed by atoms with van der Waals surface area (Å²) in [4.78, 5) is 0. The Hall–Kier alpha value is -2.36. The molecule has 0 aromatic heterocycles. The molecule has 2 aromatic rings. The molecule has 0 amide bonds. The second-order valence-electron chi connectivity index (χ2n) is 7.72. The molecule has 0 bridgehead atoms. The standard InChI is InChI=1S/C26H32O3/c1-20-15-16-26(27)25(20)18-24(29-19-22-10-4-3-5-11-22)13-7-6-9-21-12-8-14-23(17-21)28-2/h3-5,7-8,10-14,17,24,26-27H,6,9,15-16,18-19H2,1-2H3/b13-7+/t24-,26-/m1/s1. The molecule has 1 aliphatic rings. The first kappa shape index (κ1) is 21.4. The molecule has 0 saturated carbocycles. The summed E-state index contributed by atoms with van der Waals surface area (Å²) in [5.41, 5.74) is 4.90. The Bertz CT molecular complexity index is 823. The third kappa shape index (κ3) is 6.59. The van der Waals surface area contributed by atoms with Crippen molar-refractivity contribution in [1.29, 1.82) is 0 Å². The van der Waals surface area contributed by atoms with Crippen molar-refractivity contribution in [2.45, 2.75) is 57.8 Å². The van der Waals surface area contributed by atoms with Gasteiger partial charge in [0.15, 0.2) is 0 Å². The quantitative estimate of drug-likeness (QED) is 0.533. The molecule has 2 aromatic carbocycles. The molecule has 0 radical (unpaired) electrons. The number of hydrogen-bond acceptors (Lipinski definition) is 3. The van der Waals surface area contributed by atoms with Crippen molar-refractivity contribution in [3.63, 3.8) is 0 Å². The molecule has 29 heavy (non-hydrogen) atoms. The second kappa shape index (κ2) is 11.0. The predicted molar refractivity (Wildman–Crippen MR) is 118 cm³/mol. The van der Waals surface area contributed by atoms with Crippen LogP contribution in [0.4, 0.5) is 0 Å². The van der Waals surface area contributed by atoms with Crippen LogP contribution in [0.3, 0.4) is 0 Å². The zero-order valence-electron chi connectivity index (χ0n) is 17.5. The normalized spacial score (nSPS) is 17.8. The maximum Gasteiger partial charge on any atom is 0.119 e. The van der Waals surface area contributed by atoms with Crippen LogP contribution in [0.25, 0.3) is 0 Å². The third-order valence-corrected chi connectivity index (χ3v) is 5.56. The highest BCUT2D eigenvalue weighted by molar-refractivity contribution is 5.29. The van der Waals surface area contributed by atoms with Crippen LogP contribution in [0.2, 0.25) is 0 Å². The van der Waals surface area contributed by atoms with Crippen molar-refractivity contribution >= 4 is 0 Å². The number of hydrogen-bond donors (Lipinski definition) is 1. The molecule has 0 aliphatic heterocycles. The first-order valence-electron chi connectivity index (χ1n) is 10.5. The maximum atomic E-state index is 10.3. The van der Waals surface area contributed by atoms with Gasteiger partial charge in [0.2, 0.25) is 0 Å². The Morgan fingerprint density at radius 2 is 1.90 bits per heavy atom. The first-order valence-corrected chi connectivity index (χ1v) is 10.5. The molecule has 2 atom stereocenters. The van der Waals surface area contributed by atoms with E-state index in [4.69, 9.17) is 9.47 Å². The Labute approximate surface area is 174 Å². The van der Waals surface area contributed by atoms with Gasteiger partial charge in [-0.05, 0) is 61.4 Å². The van der Waals surface area contributed by atoms with Crippen molar-refractivity contribution in [3.05, 3.63) is 89.0 Å². The van der Waals surface area contributed by atoms with Gasteiger partial charge in [0, 0.05) is 6.42 Å². The number of rotatable bonds is 10. The van der Waals surface area contributed by atoms with Gasteiger partial charge < -0.3 is 14.6 Å². The van der Waals surface area contributed by atoms with Crippen molar-refractivity contribution in [3.8, 4) is 5.75 Å². The number of aryl methyl sites for hydroxylation is 1. The van der Waals surface area contributed by atoms with Crippen molar-refractivity contribution in [2.75, 3.05) is 7.11 Å². The molecule has 0 heterocycles. The summed E-state index contributed by atoms with van der Waals surface area (Å²) >= 11 is 0. The molecule has 3 heteroatoms. The Morgan fingerprint density at radius 3 is 2.62 bits per heavy atom. The lowest BCUT2D eigenvalue weighted by molar-refractivity contribution is 0.0674. The van der Waals surface area contributed by atoms with E-state index in [1.807, 2.05) is 30.3 Å². The highest BCUT2D eigenvalue weighted by Crippen LogP contribution is 2.30. The van der Waals surface area contributed by atoms with E-state index in [0.29, 0.717) is 6.61 Å². The molecule has 1 N–H and O–H groups in total. The summed E-state index contributed by atoms with van der Waals surface area (Å²) in [6.45, 7) is 2.71. The summed E-state index contributed by atoms with van der Waals surface area (Å²) in [6, 6.07) is 18.5. The van der Waals surface area contributed by atoms with Crippen LogP contribution < -0.4 is 4.74 Å². The van der Waals surface area contributed by atoms with Crippen molar-refractivity contribution in [2.24, 2.45) is 0 Å². The van der Waals surface area contributed by atoms with E-state index in [0.717, 1.165) is 43.4 Å². The van der Waals surface area contributed by atoms with Gasteiger partial charge in [0.1, 0.15) is 5.75 Å². The first-order chi connectivity index (χ1) is 14.2. The largest absolute Gasteiger partial charge is 0.497 e. The van der Waals surface area contributed by atoms with Gasteiger partial charge in [-0.1, -0.05) is 60.2 Å². The SMILES string of the molecule is COc1cccc(CC/C=C/[C@H](CC2=C(C)CC[C@H]2O)OCc2ccccc2)c1. The van der Waals surface area contributed by atoms with Gasteiger partial charge in [-0.25, -0.2) is 0 Å². The van der Waals surface area contributed by atoms with E-state index in [2.05, 4.69) is 43.3 Å². The van der Waals surface area contributed by atoms with Crippen LogP contribution in [0.15, 0.2) is 77.9 Å². The number of aliphatic hydroxyl groups is 1. The lowest BCUT2D eigenvalue weighted by Crippen LogP contribution is -2.16. The second-order valence-corrected chi connectivity index (χ2v) is 7.72. The fourth-order valence-electron chi connectivity index (χ4n) is 3.79. The third-order valence-electron chi connectivity index (χ3n) is 5.56. The van der Waals surface area contributed by atoms with E-state index in [9.17, 15) is 5.11 Å². The van der Waals surface area contributed by atoms with Crippen molar-refractivity contribution in [1.82, 2.24) is 0 Å². The van der Waals surface area contributed by atoms with E-state index in [1.54, 1.807) is 7.11 Å². The average Bonchev–Trinajstić information content (AvgIpc) is 3.07. The topological polar surface area (TPSA) is 38.7 Å². The van der Waals surface area contributed by atoms with Crippen LogP contribution >= 0.6 is 0 Å². The number of methoxy groups -OCH3 is 1. The maximum absolute atomic E-state index is 10.3. The predicted octanol–water partition coefficient (Wildman–Crippen LogP) is 5.63. The van der Waals surface area contributed by atoms with Crippen LogP contribution in [0.5, 0.6) is 5.75 Å². The van der Waals surface area contributed by atoms with Gasteiger partial charge in [-0.3, -0.25) is 0 Å². The minimum absolute atomic E-state index is 0.0294. The summed E-state index contributed by atoms with van der Waals surface area (Å²) in [6.07, 6.45) is 8.51. The Balaban J connectivity index is 1.60. The van der Waals surface area contributed by atoms with Crippen LogP contribution in [-0.4, -0.2) is 24.4 Å². The van der Waals surface area contributed by atoms with Gasteiger partial charge in [-0.15, -0.1) is 0 Å². The lowest BCUT2D eigenvalue weighted by Gasteiger charge is -2.18. The zero-order chi connectivity index (χ0) is 20.5. The fraction of sp³-hybridized carbons (Fsp3) is 0.385. The van der Waals surface area contributed by atoms with Gasteiger partial charge in [-0.2, -0.15) is 0 Å². The molecule has 0 spiro atoms. The minimum Gasteiger partial charge on any atom is -0.497 e. The van der Waals surface area contributed by atoms with E-state index in [1.165, 1.54) is 16.7 Å². The lowest BCUT2D eigenvalue weighted by atomic mass is 10.0. The average molecular weight is 393 g/mol. The monoisotopic (exact) mass is 392 g/mol. The number of benzene rings is 2.